The van der Waals surface area contributed by atoms with Crippen molar-refractivity contribution in [2.45, 2.75) is 12.8 Å². The lowest BCUT2D eigenvalue weighted by Crippen LogP contribution is -2.29. The van der Waals surface area contributed by atoms with Gasteiger partial charge in [0.25, 0.3) is 0 Å². The van der Waals surface area contributed by atoms with E-state index in [1.807, 2.05) is 23.1 Å². The summed E-state index contributed by atoms with van der Waals surface area (Å²) in [7, 11) is 0. The largest absolute Gasteiger partial charge is 0.472 e. The molecule has 3 aromatic rings. The Morgan fingerprint density at radius 2 is 2.04 bits per heavy atom. The van der Waals surface area contributed by atoms with E-state index < -0.39 is 0 Å². The third-order valence-electron chi connectivity index (χ3n) is 4.22. The lowest BCUT2D eigenvalue weighted by atomic mass is 10.1. The highest BCUT2D eigenvalue weighted by Gasteiger charge is 2.21. The lowest BCUT2D eigenvalue weighted by molar-refractivity contribution is -0.129. The molecule has 6 heteroatoms. The number of aromatic nitrogens is 2. The number of amides is 1. The lowest BCUT2D eigenvalue weighted by Gasteiger charge is -2.16. The quantitative estimate of drug-likeness (QED) is 0.716. The zero-order valence-corrected chi connectivity index (χ0v) is 13.6. The maximum absolute atomic E-state index is 12.4. The third kappa shape index (κ3) is 3.38. The normalized spacial score (nSPS) is 13.9. The summed E-state index contributed by atoms with van der Waals surface area (Å²) < 4.78 is 10.2. The fourth-order valence-electron chi connectivity index (χ4n) is 2.84. The molecule has 1 aliphatic rings. The van der Waals surface area contributed by atoms with Crippen LogP contribution >= 0.6 is 0 Å². The molecule has 0 spiro atoms. The molecule has 0 fully saturated rings. The van der Waals surface area contributed by atoms with Gasteiger partial charge in [-0.05, 0) is 17.2 Å². The van der Waals surface area contributed by atoms with Crippen LogP contribution in [0.5, 0.6) is 0 Å². The van der Waals surface area contributed by atoms with E-state index in [9.17, 15) is 4.79 Å². The summed E-state index contributed by atoms with van der Waals surface area (Å²) in [6.45, 7) is 1.29. The van der Waals surface area contributed by atoms with Crippen LogP contribution in [0.15, 0.2) is 63.9 Å². The average molecular weight is 335 g/mol. The van der Waals surface area contributed by atoms with Crippen LogP contribution in [-0.2, 0) is 11.2 Å². The molecule has 2 aromatic heterocycles. The maximum atomic E-state index is 12.4. The highest BCUT2D eigenvalue weighted by atomic mass is 16.5. The molecular formula is C19H17N3O3. The molecule has 0 N–H and O–H groups in total. The van der Waals surface area contributed by atoms with Crippen LogP contribution in [0.25, 0.3) is 17.0 Å². The topological polar surface area (TPSA) is 72.4 Å². The number of aryl methyl sites for hydroxylation is 1. The summed E-state index contributed by atoms with van der Waals surface area (Å²) in [6.07, 6.45) is 6.00. The van der Waals surface area contributed by atoms with Crippen LogP contribution in [0.2, 0.25) is 0 Å². The molecule has 1 aromatic carbocycles. The average Bonchev–Trinajstić information content (AvgIpc) is 3.41. The molecule has 0 saturated carbocycles. The van der Waals surface area contributed by atoms with E-state index in [0.717, 1.165) is 5.56 Å². The van der Waals surface area contributed by atoms with Gasteiger partial charge in [0.05, 0.1) is 11.8 Å². The second-order valence-corrected chi connectivity index (χ2v) is 5.89. The molecule has 3 heterocycles. The van der Waals surface area contributed by atoms with Gasteiger partial charge in [0.2, 0.25) is 17.6 Å². The van der Waals surface area contributed by atoms with Gasteiger partial charge in [0.1, 0.15) is 6.26 Å². The Morgan fingerprint density at radius 3 is 2.84 bits per heavy atom. The highest BCUT2D eigenvalue weighted by Crippen LogP contribution is 2.22. The number of nitrogens with zero attached hydrogens (tertiary/aromatic N) is 3. The third-order valence-corrected chi connectivity index (χ3v) is 4.22. The first-order chi connectivity index (χ1) is 12.3. The van der Waals surface area contributed by atoms with Gasteiger partial charge in [-0.15, -0.1) is 0 Å². The van der Waals surface area contributed by atoms with Gasteiger partial charge >= 0.3 is 0 Å². The number of carbonyl (C=O) groups excluding carboxylic acids is 1. The molecule has 6 nitrogen and oxygen atoms in total. The van der Waals surface area contributed by atoms with Crippen molar-refractivity contribution < 1.29 is 13.7 Å². The summed E-state index contributed by atoms with van der Waals surface area (Å²) in [5, 5.41) is 3.90. The van der Waals surface area contributed by atoms with Crippen molar-refractivity contribution in [2.24, 2.45) is 0 Å². The van der Waals surface area contributed by atoms with Gasteiger partial charge in [0.15, 0.2) is 0 Å². The van der Waals surface area contributed by atoms with E-state index >= 15 is 0 Å². The Morgan fingerprint density at radius 1 is 1.16 bits per heavy atom. The van der Waals surface area contributed by atoms with Crippen LogP contribution < -0.4 is 0 Å². The van der Waals surface area contributed by atoms with Crippen molar-refractivity contribution in [1.82, 2.24) is 15.0 Å². The van der Waals surface area contributed by atoms with Crippen molar-refractivity contribution in [3.63, 3.8) is 0 Å². The molecular weight excluding hydrogens is 318 g/mol. The molecule has 126 valence electrons. The SMILES string of the molecule is O=C(CCc1nc(-c2ccoc2)no1)N1CC=C(c2ccccc2)C1. The first kappa shape index (κ1) is 15.4. The van der Waals surface area contributed by atoms with E-state index in [1.165, 1.54) is 11.1 Å². The predicted octanol–water partition coefficient (Wildman–Crippen LogP) is 3.19. The Kier molecular flexibility index (Phi) is 4.16. The molecule has 1 amide bonds. The Hall–Kier alpha value is -3.15. The van der Waals surface area contributed by atoms with Gasteiger partial charge in [-0.3, -0.25) is 4.79 Å². The highest BCUT2D eigenvalue weighted by molar-refractivity contribution is 5.82. The summed E-state index contributed by atoms with van der Waals surface area (Å²) >= 11 is 0. The zero-order chi connectivity index (χ0) is 17.1. The van der Waals surface area contributed by atoms with Gasteiger partial charge in [0, 0.05) is 25.9 Å². The monoisotopic (exact) mass is 335 g/mol. The second-order valence-electron chi connectivity index (χ2n) is 5.89. The fraction of sp³-hybridized carbons (Fsp3) is 0.211. The van der Waals surface area contributed by atoms with Crippen LogP contribution in [-0.4, -0.2) is 34.0 Å². The number of benzene rings is 1. The van der Waals surface area contributed by atoms with Gasteiger partial charge in [-0.25, -0.2) is 0 Å². The first-order valence-electron chi connectivity index (χ1n) is 8.17. The smallest absolute Gasteiger partial charge is 0.227 e. The molecule has 0 unspecified atom stereocenters. The maximum Gasteiger partial charge on any atom is 0.227 e. The summed E-state index contributed by atoms with van der Waals surface area (Å²) in [5.41, 5.74) is 3.12. The summed E-state index contributed by atoms with van der Waals surface area (Å²) in [5.74, 6) is 1.02. The van der Waals surface area contributed by atoms with Crippen LogP contribution in [0.3, 0.4) is 0 Å². The molecule has 0 atom stereocenters. The summed E-state index contributed by atoms with van der Waals surface area (Å²) in [4.78, 5) is 18.6. The predicted molar refractivity (Wildman–Crippen MR) is 91.3 cm³/mol. The van der Waals surface area contributed by atoms with Crippen LogP contribution in [0, 0.1) is 0 Å². The van der Waals surface area contributed by atoms with Crippen molar-refractivity contribution in [2.75, 3.05) is 13.1 Å². The molecule has 4 rings (SSSR count). The van der Waals surface area contributed by atoms with Crippen LogP contribution in [0.1, 0.15) is 17.9 Å². The number of furan rings is 1. The Labute approximate surface area is 144 Å². The molecule has 0 bridgehead atoms. The van der Waals surface area contributed by atoms with Crippen molar-refractivity contribution in [3.8, 4) is 11.4 Å². The number of rotatable bonds is 5. The minimum absolute atomic E-state index is 0.0882. The molecule has 0 radical (unpaired) electrons. The molecule has 1 aliphatic heterocycles. The van der Waals surface area contributed by atoms with Crippen LogP contribution in [0.4, 0.5) is 0 Å². The van der Waals surface area contributed by atoms with Gasteiger partial charge in [-0.1, -0.05) is 41.6 Å². The zero-order valence-electron chi connectivity index (χ0n) is 13.6. The number of hydrogen-bond donors (Lipinski definition) is 0. The van der Waals surface area contributed by atoms with E-state index in [1.54, 1.807) is 18.6 Å². The standard InChI is InChI=1S/C19H17N3O3/c23-18(22-10-8-15(12-22)14-4-2-1-3-5-14)7-6-17-20-19(21-25-17)16-9-11-24-13-16/h1-5,8-9,11,13H,6-7,10,12H2. The Balaban J connectivity index is 1.32. The summed E-state index contributed by atoms with van der Waals surface area (Å²) in [6, 6.07) is 11.9. The van der Waals surface area contributed by atoms with Crippen molar-refractivity contribution >= 4 is 11.5 Å². The molecule has 0 aliphatic carbocycles. The van der Waals surface area contributed by atoms with E-state index in [4.69, 9.17) is 8.94 Å². The van der Waals surface area contributed by atoms with Gasteiger partial charge in [-0.2, -0.15) is 4.98 Å². The Bertz CT molecular complexity index is 882. The number of hydrogen-bond acceptors (Lipinski definition) is 5. The van der Waals surface area contributed by atoms with E-state index in [2.05, 4.69) is 28.3 Å². The molecule has 25 heavy (non-hydrogen) atoms. The fourth-order valence-corrected chi connectivity index (χ4v) is 2.84. The molecule has 0 saturated heterocycles. The van der Waals surface area contributed by atoms with Gasteiger partial charge < -0.3 is 13.8 Å². The second kappa shape index (κ2) is 6.76. The van der Waals surface area contributed by atoms with E-state index in [0.29, 0.717) is 37.6 Å². The first-order valence-corrected chi connectivity index (χ1v) is 8.17. The number of carbonyl (C=O) groups is 1. The van der Waals surface area contributed by atoms with E-state index in [-0.39, 0.29) is 5.91 Å². The minimum atomic E-state index is 0.0882. The minimum Gasteiger partial charge on any atom is -0.472 e. The van der Waals surface area contributed by atoms with Crippen molar-refractivity contribution in [1.29, 1.82) is 0 Å². The van der Waals surface area contributed by atoms with Crippen molar-refractivity contribution in [3.05, 3.63) is 66.5 Å².